The summed E-state index contributed by atoms with van der Waals surface area (Å²) in [6.07, 6.45) is 2.20. The molecule has 35 heavy (non-hydrogen) atoms. The molecule has 0 atom stereocenters. The third-order valence-electron chi connectivity index (χ3n) is 5.17. The zero-order chi connectivity index (χ0) is 24.9. The SMILES string of the molecule is O=C(CN1C(=O)/C(=C/c2ccc(-c3ccc(O)c(C(=O)O)c3)o2)SC1=S)NCCc1ccccc1. The van der Waals surface area contributed by atoms with Gasteiger partial charge in [0.2, 0.25) is 5.91 Å². The van der Waals surface area contributed by atoms with Crippen LogP contribution in [0.25, 0.3) is 17.4 Å². The van der Waals surface area contributed by atoms with E-state index in [4.69, 9.17) is 16.6 Å². The zero-order valence-electron chi connectivity index (χ0n) is 18.3. The smallest absolute Gasteiger partial charge is 0.339 e. The molecule has 0 bridgehead atoms. The van der Waals surface area contributed by atoms with Gasteiger partial charge < -0.3 is 19.9 Å². The Kier molecular flexibility index (Phi) is 7.33. The second-order valence-corrected chi connectivity index (χ2v) is 9.27. The fourth-order valence-electron chi connectivity index (χ4n) is 3.40. The Morgan fingerprint density at radius 3 is 2.63 bits per heavy atom. The molecular formula is C25H20N2O6S2. The molecule has 1 fully saturated rings. The lowest BCUT2D eigenvalue weighted by Gasteiger charge is -2.14. The van der Waals surface area contributed by atoms with Crippen LogP contribution in [0.5, 0.6) is 5.75 Å². The van der Waals surface area contributed by atoms with Crippen LogP contribution in [0.4, 0.5) is 0 Å². The summed E-state index contributed by atoms with van der Waals surface area (Å²) in [5.74, 6) is -1.58. The molecule has 1 saturated heterocycles. The van der Waals surface area contributed by atoms with E-state index in [0.717, 1.165) is 17.3 Å². The molecule has 0 saturated carbocycles. The highest BCUT2D eigenvalue weighted by Gasteiger charge is 2.33. The molecule has 2 amide bonds. The van der Waals surface area contributed by atoms with Crippen molar-refractivity contribution in [3.63, 3.8) is 0 Å². The van der Waals surface area contributed by atoms with E-state index >= 15 is 0 Å². The van der Waals surface area contributed by atoms with E-state index in [-0.39, 0.29) is 28.1 Å². The normalized spacial score (nSPS) is 14.5. The van der Waals surface area contributed by atoms with Crippen LogP contribution in [-0.2, 0) is 16.0 Å². The number of hydrogen-bond acceptors (Lipinski definition) is 7. The van der Waals surface area contributed by atoms with Crippen LogP contribution in [0, 0.1) is 0 Å². The number of rotatable bonds is 8. The number of benzene rings is 2. The lowest BCUT2D eigenvalue weighted by atomic mass is 10.1. The quantitative estimate of drug-likeness (QED) is 0.309. The number of nitrogens with one attached hydrogen (secondary N) is 1. The molecule has 1 aliphatic rings. The molecule has 3 N–H and O–H groups in total. The fourth-order valence-corrected chi connectivity index (χ4v) is 4.64. The maximum atomic E-state index is 12.8. The Morgan fingerprint density at radius 2 is 1.89 bits per heavy atom. The maximum Gasteiger partial charge on any atom is 0.339 e. The molecule has 10 heteroatoms. The first kappa shape index (κ1) is 24.2. The Morgan fingerprint density at radius 1 is 1.11 bits per heavy atom. The number of thiocarbonyl (C=S) groups is 1. The van der Waals surface area contributed by atoms with Crippen molar-refractivity contribution in [2.45, 2.75) is 6.42 Å². The first-order valence-corrected chi connectivity index (χ1v) is 11.8. The number of phenols is 1. The van der Waals surface area contributed by atoms with Crippen LogP contribution in [0.2, 0.25) is 0 Å². The van der Waals surface area contributed by atoms with Gasteiger partial charge in [0.05, 0.1) is 4.91 Å². The molecule has 4 rings (SSSR count). The second-order valence-electron chi connectivity index (χ2n) is 7.59. The Labute approximate surface area is 210 Å². The molecule has 8 nitrogen and oxygen atoms in total. The molecule has 0 aliphatic carbocycles. The number of aromatic hydroxyl groups is 1. The third kappa shape index (κ3) is 5.79. The van der Waals surface area contributed by atoms with Crippen LogP contribution < -0.4 is 5.32 Å². The summed E-state index contributed by atoms with van der Waals surface area (Å²) in [4.78, 5) is 38.0. The number of nitrogens with zero attached hydrogens (tertiary/aromatic N) is 1. The number of carboxylic acids is 1. The summed E-state index contributed by atoms with van der Waals surface area (Å²) in [5.41, 5.74) is 1.31. The predicted octanol–water partition coefficient (Wildman–Crippen LogP) is 3.91. The van der Waals surface area contributed by atoms with Crippen LogP contribution in [0.3, 0.4) is 0 Å². The first-order chi connectivity index (χ1) is 16.8. The minimum absolute atomic E-state index is 0.175. The molecule has 1 aromatic heterocycles. The molecule has 2 aromatic carbocycles. The highest BCUT2D eigenvalue weighted by molar-refractivity contribution is 8.26. The van der Waals surface area contributed by atoms with Gasteiger partial charge in [-0.2, -0.15) is 0 Å². The Bertz CT molecular complexity index is 1330. The van der Waals surface area contributed by atoms with E-state index in [9.17, 15) is 24.6 Å². The number of furan rings is 1. The van der Waals surface area contributed by atoms with Crippen molar-refractivity contribution in [1.29, 1.82) is 0 Å². The van der Waals surface area contributed by atoms with E-state index in [1.54, 1.807) is 12.1 Å². The molecule has 0 spiro atoms. The van der Waals surface area contributed by atoms with E-state index < -0.39 is 11.9 Å². The number of amides is 2. The highest BCUT2D eigenvalue weighted by atomic mass is 32.2. The molecule has 3 aromatic rings. The van der Waals surface area contributed by atoms with E-state index in [0.29, 0.717) is 35.0 Å². The monoisotopic (exact) mass is 508 g/mol. The van der Waals surface area contributed by atoms with Gasteiger partial charge in [-0.25, -0.2) is 4.79 Å². The summed E-state index contributed by atoms with van der Waals surface area (Å²) in [6, 6.07) is 17.1. The van der Waals surface area contributed by atoms with E-state index in [1.807, 2.05) is 30.3 Å². The van der Waals surface area contributed by atoms with Crippen LogP contribution in [0.1, 0.15) is 21.7 Å². The molecular weight excluding hydrogens is 488 g/mol. The summed E-state index contributed by atoms with van der Waals surface area (Å²) in [7, 11) is 0. The number of thioether (sulfide) groups is 1. The van der Waals surface area contributed by atoms with Crippen molar-refractivity contribution in [3.05, 3.63) is 82.5 Å². The molecule has 0 radical (unpaired) electrons. The molecule has 1 aliphatic heterocycles. The maximum absolute atomic E-state index is 12.8. The van der Waals surface area contributed by atoms with Crippen molar-refractivity contribution in [2.75, 3.05) is 13.1 Å². The average Bonchev–Trinajstić information content (AvgIpc) is 3.40. The first-order valence-electron chi connectivity index (χ1n) is 10.5. The van der Waals surface area contributed by atoms with Gasteiger partial charge in [-0.05, 0) is 42.3 Å². The predicted molar refractivity (Wildman–Crippen MR) is 136 cm³/mol. The van der Waals surface area contributed by atoms with Gasteiger partial charge in [-0.1, -0.05) is 54.3 Å². The van der Waals surface area contributed by atoms with Gasteiger partial charge in [0.15, 0.2) is 0 Å². The number of carbonyl (C=O) groups excluding carboxylic acids is 2. The average molecular weight is 509 g/mol. The van der Waals surface area contributed by atoms with Crippen molar-refractivity contribution >= 4 is 52.2 Å². The minimum Gasteiger partial charge on any atom is -0.507 e. The lowest BCUT2D eigenvalue weighted by Crippen LogP contribution is -2.40. The number of carbonyl (C=O) groups is 3. The lowest BCUT2D eigenvalue weighted by molar-refractivity contribution is -0.128. The van der Waals surface area contributed by atoms with Crippen molar-refractivity contribution < 1.29 is 29.0 Å². The minimum atomic E-state index is -1.26. The van der Waals surface area contributed by atoms with Gasteiger partial charge >= 0.3 is 5.97 Å². The number of carboxylic acid groups (broad SMARTS) is 1. The largest absolute Gasteiger partial charge is 0.507 e. The molecule has 0 unspecified atom stereocenters. The van der Waals surface area contributed by atoms with E-state index in [2.05, 4.69) is 5.32 Å². The second kappa shape index (κ2) is 10.6. The van der Waals surface area contributed by atoms with Gasteiger partial charge in [-0.15, -0.1) is 0 Å². The van der Waals surface area contributed by atoms with Gasteiger partial charge in [0.1, 0.15) is 33.7 Å². The topological polar surface area (TPSA) is 120 Å². The standard InChI is InChI=1S/C25H20N2O6S2/c28-19-8-6-16(12-18(19)24(31)32)20-9-7-17(33-20)13-21-23(30)27(25(34)35-21)14-22(29)26-11-10-15-4-2-1-3-5-15/h1-9,12-13,28H,10-11,14H2,(H,26,29)(H,31,32)/b21-13-. The summed E-state index contributed by atoms with van der Waals surface area (Å²) < 4.78 is 6.02. The zero-order valence-corrected chi connectivity index (χ0v) is 19.9. The Balaban J connectivity index is 1.39. The molecule has 178 valence electrons. The summed E-state index contributed by atoms with van der Waals surface area (Å²) >= 11 is 6.36. The third-order valence-corrected chi connectivity index (χ3v) is 6.54. The summed E-state index contributed by atoms with van der Waals surface area (Å²) in [5, 5.41) is 21.7. The van der Waals surface area contributed by atoms with Gasteiger partial charge in [-0.3, -0.25) is 14.5 Å². The van der Waals surface area contributed by atoms with Crippen LogP contribution in [0.15, 0.2) is 70.0 Å². The molecule has 2 heterocycles. The van der Waals surface area contributed by atoms with Crippen molar-refractivity contribution in [2.24, 2.45) is 0 Å². The highest BCUT2D eigenvalue weighted by Crippen LogP contribution is 2.34. The van der Waals surface area contributed by atoms with Crippen LogP contribution in [-0.4, -0.2) is 50.3 Å². The summed E-state index contributed by atoms with van der Waals surface area (Å²) in [6.45, 7) is 0.273. The van der Waals surface area contributed by atoms with E-state index in [1.165, 1.54) is 29.2 Å². The fraction of sp³-hybridized carbons (Fsp3) is 0.120. The van der Waals surface area contributed by atoms with Crippen molar-refractivity contribution in [1.82, 2.24) is 10.2 Å². The van der Waals surface area contributed by atoms with Gasteiger partial charge in [0.25, 0.3) is 5.91 Å². The number of aromatic carboxylic acids is 1. The van der Waals surface area contributed by atoms with Crippen molar-refractivity contribution in [3.8, 4) is 17.1 Å². The Hall–Kier alpha value is -3.89. The van der Waals surface area contributed by atoms with Crippen LogP contribution >= 0.6 is 24.0 Å². The number of hydrogen-bond donors (Lipinski definition) is 3. The van der Waals surface area contributed by atoms with Gasteiger partial charge in [0, 0.05) is 18.2 Å².